The van der Waals surface area contributed by atoms with Crippen molar-refractivity contribution in [3.05, 3.63) is 72.1 Å². The van der Waals surface area contributed by atoms with E-state index in [9.17, 15) is 21.8 Å². The van der Waals surface area contributed by atoms with Crippen LogP contribution in [0.15, 0.2) is 66.0 Å². The van der Waals surface area contributed by atoms with Gasteiger partial charge in [-0.1, -0.05) is 30.3 Å². The molecule has 1 N–H and O–H groups in total. The number of H-pyrrole nitrogens is 1. The number of pyridine rings is 1. The highest BCUT2D eigenvalue weighted by Gasteiger charge is 2.44. The molecule has 0 aliphatic carbocycles. The SMILES string of the molecule is COc1ccnc(CS(=O)c2nc3ccc(OC(F)(F)C(F)F)cc3[nH]2)c1OCc1ccccc1. The van der Waals surface area contributed by atoms with Gasteiger partial charge in [-0.2, -0.15) is 17.6 Å². The number of nitrogens with one attached hydrogen (secondary N) is 1. The van der Waals surface area contributed by atoms with Crippen LogP contribution in [0.1, 0.15) is 11.3 Å². The number of benzene rings is 2. The van der Waals surface area contributed by atoms with Crippen LogP contribution in [0, 0.1) is 0 Å². The fourth-order valence-corrected chi connectivity index (χ4v) is 4.16. The summed E-state index contributed by atoms with van der Waals surface area (Å²) < 4.78 is 79.6. The lowest BCUT2D eigenvalue weighted by Crippen LogP contribution is -2.33. The average Bonchev–Trinajstić information content (AvgIpc) is 3.27. The lowest BCUT2D eigenvalue weighted by Gasteiger charge is -2.16. The average molecular weight is 509 g/mol. The predicted octanol–water partition coefficient (Wildman–Crippen LogP) is 5.09. The van der Waals surface area contributed by atoms with Crippen molar-refractivity contribution in [3.8, 4) is 17.2 Å². The molecular weight excluding hydrogens is 490 g/mol. The summed E-state index contributed by atoms with van der Waals surface area (Å²) in [5.41, 5.74) is 1.76. The smallest absolute Gasteiger partial charge is 0.461 e. The number of imidazole rings is 1. The summed E-state index contributed by atoms with van der Waals surface area (Å²) in [5.74, 6) is 0.158. The minimum atomic E-state index is -4.65. The molecule has 0 aliphatic heterocycles. The number of rotatable bonds is 10. The fraction of sp³-hybridized carbons (Fsp3) is 0.217. The van der Waals surface area contributed by atoms with Crippen molar-refractivity contribution in [1.29, 1.82) is 0 Å². The summed E-state index contributed by atoms with van der Waals surface area (Å²) >= 11 is 0. The minimum Gasteiger partial charge on any atom is -0.493 e. The molecule has 12 heteroatoms. The molecule has 7 nitrogen and oxygen atoms in total. The van der Waals surface area contributed by atoms with Crippen molar-refractivity contribution in [3.63, 3.8) is 0 Å². The molecule has 0 aliphatic rings. The molecule has 35 heavy (non-hydrogen) atoms. The Labute approximate surface area is 199 Å². The summed E-state index contributed by atoms with van der Waals surface area (Å²) in [4.78, 5) is 11.2. The van der Waals surface area contributed by atoms with Crippen LogP contribution in [0.4, 0.5) is 17.6 Å². The molecule has 0 amide bonds. The first-order valence-electron chi connectivity index (χ1n) is 10.2. The summed E-state index contributed by atoms with van der Waals surface area (Å²) in [7, 11) is -0.268. The van der Waals surface area contributed by atoms with Gasteiger partial charge >= 0.3 is 12.5 Å². The van der Waals surface area contributed by atoms with Gasteiger partial charge in [-0.3, -0.25) is 9.19 Å². The highest BCUT2D eigenvalue weighted by atomic mass is 32.2. The zero-order chi connectivity index (χ0) is 25.0. The van der Waals surface area contributed by atoms with E-state index in [0.717, 1.165) is 17.7 Å². The van der Waals surface area contributed by atoms with Crippen LogP contribution in [0.2, 0.25) is 0 Å². The summed E-state index contributed by atoms with van der Waals surface area (Å²) in [6, 6.07) is 14.5. The Morgan fingerprint density at radius 2 is 1.89 bits per heavy atom. The number of aromatic nitrogens is 3. The maximum atomic E-state index is 13.2. The molecule has 0 bridgehead atoms. The van der Waals surface area contributed by atoms with E-state index in [-0.39, 0.29) is 23.0 Å². The lowest BCUT2D eigenvalue weighted by molar-refractivity contribution is -0.253. The number of aromatic amines is 1. The Morgan fingerprint density at radius 1 is 1.11 bits per heavy atom. The van der Waals surface area contributed by atoms with Crippen molar-refractivity contribution in [2.45, 2.75) is 30.1 Å². The summed E-state index contributed by atoms with van der Waals surface area (Å²) in [6.45, 7) is 0.235. The quantitative estimate of drug-likeness (QED) is 0.300. The van der Waals surface area contributed by atoms with Gasteiger partial charge in [0.2, 0.25) is 0 Å². The number of ether oxygens (including phenoxy) is 3. The minimum absolute atomic E-state index is 0.0383. The molecular formula is C23H19F4N3O4S. The third-order valence-corrected chi connectivity index (χ3v) is 5.97. The zero-order valence-corrected chi connectivity index (χ0v) is 19.0. The second-order valence-electron chi connectivity index (χ2n) is 7.24. The normalized spacial score (nSPS) is 12.6. The molecule has 184 valence electrons. The molecule has 4 aromatic rings. The number of hydrogen-bond acceptors (Lipinski definition) is 6. The number of methoxy groups -OCH3 is 1. The number of hydrogen-bond donors (Lipinski definition) is 1. The summed E-state index contributed by atoms with van der Waals surface area (Å²) in [6.07, 6.45) is -7.14. The molecule has 0 radical (unpaired) electrons. The second-order valence-corrected chi connectivity index (χ2v) is 8.61. The van der Waals surface area contributed by atoms with Gasteiger partial charge in [0, 0.05) is 18.3 Å². The number of fused-ring (bicyclic) bond motifs is 1. The zero-order valence-electron chi connectivity index (χ0n) is 18.2. The van der Waals surface area contributed by atoms with E-state index in [1.807, 2.05) is 30.3 Å². The molecule has 4 rings (SSSR count). The van der Waals surface area contributed by atoms with Crippen molar-refractivity contribution in [2.75, 3.05) is 7.11 Å². The molecule has 1 unspecified atom stereocenters. The highest BCUT2D eigenvalue weighted by Crippen LogP contribution is 2.32. The standard InChI is InChI=1S/C23H19F4N3O4S/c1-32-19-9-10-28-18(20(19)33-12-14-5-3-2-4-6-14)13-35(31)22-29-16-8-7-15(11-17(16)30-22)34-23(26,27)21(24)25/h2-11,21H,12-13H2,1H3,(H,29,30). The second kappa shape index (κ2) is 10.3. The van der Waals surface area contributed by atoms with Crippen molar-refractivity contribution in [2.24, 2.45) is 0 Å². The van der Waals surface area contributed by atoms with Crippen LogP contribution in [-0.4, -0.2) is 38.8 Å². The van der Waals surface area contributed by atoms with E-state index in [1.165, 1.54) is 19.4 Å². The van der Waals surface area contributed by atoms with Crippen LogP contribution in [0.5, 0.6) is 17.2 Å². The Balaban J connectivity index is 1.54. The highest BCUT2D eigenvalue weighted by molar-refractivity contribution is 7.84. The maximum Gasteiger partial charge on any atom is 0.461 e. The predicted molar refractivity (Wildman–Crippen MR) is 119 cm³/mol. The van der Waals surface area contributed by atoms with Crippen LogP contribution in [-0.2, 0) is 23.2 Å². The molecule has 0 saturated heterocycles. The van der Waals surface area contributed by atoms with E-state index in [1.54, 1.807) is 6.07 Å². The maximum absolute atomic E-state index is 13.2. The molecule has 1 atom stereocenters. The van der Waals surface area contributed by atoms with Gasteiger partial charge in [0.1, 0.15) is 12.4 Å². The largest absolute Gasteiger partial charge is 0.493 e. The van der Waals surface area contributed by atoms with Gasteiger partial charge in [-0.05, 0) is 17.7 Å². The van der Waals surface area contributed by atoms with Crippen LogP contribution < -0.4 is 14.2 Å². The van der Waals surface area contributed by atoms with Crippen molar-refractivity contribution >= 4 is 21.8 Å². The molecule has 0 saturated carbocycles. The Morgan fingerprint density at radius 3 is 2.60 bits per heavy atom. The summed E-state index contributed by atoms with van der Waals surface area (Å²) in [5, 5.41) is 0.0383. The molecule has 0 fully saturated rings. The number of alkyl halides is 4. The molecule has 0 spiro atoms. The Bertz CT molecular complexity index is 1340. The van der Waals surface area contributed by atoms with E-state index in [2.05, 4.69) is 19.7 Å². The van der Waals surface area contributed by atoms with Crippen LogP contribution >= 0.6 is 0 Å². The van der Waals surface area contributed by atoms with Gasteiger partial charge in [-0.15, -0.1) is 0 Å². The van der Waals surface area contributed by atoms with E-state index in [4.69, 9.17) is 9.47 Å². The first-order chi connectivity index (χ1) is 16.8. The van der Waals surface area contributed by atoms with Crippen LogP contribution in [0.3, 0.4) is 0 Å². The van der Waals surface area contributed by atoms with Crippen molar-refractivity contribution < 1.29 is 36.0 Å². The van der Waals surface area contributed by atoms with E-state index in [0.29, 0.717) is 22.7 Å². The fourth-order valence-electron chi connectivity index (χ4n) is 3.15. The number of nitrogens with zero attached hydrogens (tertiary/aromatic N) is 2. The van der Waals surface area contributed by atoms with Gasteiger partial charge in [0.15, 0.2) is 16.7 Å². The van der Waals surface area contributed by atoms with Gasteiger partial charge in [0.25, 0.3) is 0 Å². The molecule has 2 aromatic carbocycles. The Hall–Kier alpha value is -3.67. The lowest BCUT2D eigenvalue weighted by atomic mass is 10.2. The monoisotopic (exact) mass is 509 g/mol. The number of halogens is 4. The third kappa shape index (κ3) is 5.70. The molecule has 2 heterocycles. The Kier molecular flexibility index (Phi) is 7.20. The first kappa shape index (κ1) is 24.5. The van der Waals surface area contributed by atoms with E-state index < -0.39 is 29.1 Å². The van der Waals surface area contributed by atoms with Gasteiger partial charge < -0.3 is 19.2 Å². The topological polar surface area (TPSA) is 86.3 Å². The van der Waals surface area contributed by atoms with Crippen molar-refractivity contribution in [1.82, 2.24) is 15.0 Å². The van der Waals surface area contributed by atoms with E-state index >= 15 is 0 Å². The third-order valence-electron chi connectivity index (χ3n) is 4.81. The van der Waals surface area contributed by atoms with Crippen LogP contribution in [0.25, 0.3) is 11.0 Å². The van der Waals surface area contributed by atoms with Gasteiger partial charge in [0.05, 0.1) is 40.4 Å². The first-order valence-corrected chi connectivity index (χ1v) is 11.5. The van der Waals surface area contributed by atoms with Gasteiger partial charge in [-0.25, -0.2) is 4.98 Å². The molecule has 2 aromatic heterocycles.